The third kappa shape index (κ3) is 4.99. The fraction of sp³-hybridized carbons (Fsp3) is 0.350. The van der Waals surface area contributed by atoms with Crippen LogP contribution >= 0.6 is 0 Å². The van der Waals surface area contributed by atoms with Crippen molar-refractivity contribution in [3.05, 3.63) is 69.3 Å². The highest BCUT2D eigenvalue weighted by molar-refractivity contribution is 7.88. The molecular weight excluding hydrogens is 394 g/mol. The monoisotopic (exact) mass is 417 g/mol. The van der Waals surface area contributed by atoms with Gasteiger partial charge >= 0.3 is 0 Å². The molecule has 1 fully saturated rings. The van der Waals surface area contributed by atoms with Crippen molar-refractivity contribution in [2.45, 2.75) is 31.9 Å². The van der Waals surface area contributed by atoms with E-state index in [0.717, 1.165) is 19.3 Å². The topological polar surface area (TPSA) is 110 Å². The minimum Gasteiger partial charge on any atom is -0.321 e. The van der Waals surface area contributed by atoms with Gasteiger partial charge in [-0.05, 0) is 43.5 Å². The molecule has 1 amide bonds. The highest BCUT2D eigenvalue weighted by Crippen LogP contribution is 2.25. The van der Waals surface area contributed by atoms with Crippen LogP contribution in [0.3, 0.4) is 0 Å². The smallest absolute Gasteiger partial charge is 0.274 e. The second kappa shape index (κ2) is 8.71. The normalized spacial score (nSPS) is 15.1. The summed E-state index contributed by atoms with van der Waals surface area (Å²) >= 11 is 0. The van der Waals surface area contributed by atoms with E-state index in [1.807, 2.05) is 0 Å². The van der Waals surface area contributed by atoms with E-state index in [0.29, 0.717) is 35.5 Å². The van der Waals surface area contributed by atoms with Gasteiger partial charge in [0.25, 0.3) is 11.6 Å². The van der Waals surface area contributed by atoms with Crippen molar-refractivity contribution in [3.8, 4) is 0 Å². The number of sulfonamides is 1. The van der Waals surface area contributed by atoms with Gasteiger partial charge in [0, 0.05) is 24.7 Å². The summed E-state index contributed by atoms with van der Waals surface area (Å²) in [6.45, 7) is 2.69. The van der Waals surface area contributed by atoms with Gasteiger partial charge in [0.1, 0.15) is 0 Å². The molecule has 29 heavy (non-hydrogen) atoms. The Hall–Kier alpha value is -2.78. The van der Waals surface area contributed by atoms with E-state index in [9.17, 15) is 23.3 Å². The Morgan fingerprint density at radius 3 is 2.38 bits per heavy atom. The summed E-state index contributed by atoms with van der Waals surface area (Å²) in [4.78, 5) is 23.0. The van der Waals surface area contributed by atoms with E-state index >= 15 is 0 Å². The number of piperidine rings is 1. The molecule has 3 rings (SSSR count). The summed E-state index contributed by atoms with van der Waals surface area (Å²) in [6, 6.07) is 10.8. The number of benzene rings is 2. The Bertz CT molecular complexity index is 1010. The predicted octanol–water partition coefficient (Wildman–Crippen LogP) is 3.47. The second-order valence-electron chi connectivity index (χ2n) is 7.07. The lowest BCUT2D eigenvalue weighted by molar-refractivity contribution is -0.385. The molecule has 0 unspecified atom stereocenters. The van der Waals surface area contributed by atoms with Crippen LogP contribution in [-0.2, 0) is 15.8 Å². The summed E-state index contributed by atoms with van der Waals surface area (Å²) < 4.78 is 26.6. The van der Waals surface area contributed by atoms with Crippen LogP contribution in [-0.4, -0.2) is 36.6 Å². The molecule has 0 radical (unpaired) electrons. The van der Waals surface area contributed by atoms with Gasteiger partial charge in [-0.3, -0.25) is 14.9 Å². The molecule has 1 N–H and O–H groups in total. The summed E-state index contributed by atoms with van der Waals surface area (Å²) in [5.41, 5.74) is 1.62. The Balaban J connectivity index is 1.69. The lowest BCUT2D eigenvalue weighted by Gasteiger charge is -2.25. The first-order valence-corrected chi connectivity index (χ1v) is 11.0. The molecule has 1 heterocycles. The molecule has 2 aromatic carbocycles. The standard InChI is InChI=1S/C20H23N3O5S/c1-15-18(6-5-7-19(15)23(25)26)21-20(24)17-10-8-16(9-11-17)14-29(27,28)22-12-3-2-4-13-22/h5-11H,2-4,12-14H2,1H3,(H,21,24). The molecule has 0 bridgehead atoms. The average molecular weight is 417 g/mol. The number of anilines is 1. The van der Waals surface area contributed by atoms with Crippen molar-refractivity contribution in [2.24, 2.45) is 0 Å². The number of carbonyl (C=O) groups is 1. The van der Waals surface area contributed by atoms with Crippen LogP contribution in [0.15, 0.2) is 42.5 Å². The van der Waals surface area contributed by atoms with Crippen molar-refractivity contribution in [1.82, 2.24) is 4.31 Å². The van der Waals surface area contributed by atoms with Gasteiger partial charge in [0.15, 0.2) is 0 Å². The third-order valence-corrected chi connectivity index (χ3v) is 6.87. The fourth-order valence-electron chi connectivity index (χ4n) is 3.35. The number of amides is 1. The van der Waals surface area contributed by atoms with Crippen molar-refractivity contribution >= 4 is 27.3 Å². The van der Waals surface area contributed by atoms with E-state index in [1.54, 1.807) is 37.3 Å². The maximum Gasteiger partial charge on any atom is 0.274 e. The van der Waals surface area contributed by atoms with Crippen molar-refractivity contribution in [3.63, 3.8) is 0 Å². The lowest BCUT2D eigenvalue weighted by atomic mass is 10.1. The van der Waals surface area contributed by atoms with Gasteiger partial charge in [-0.25, -0.2) is 12.7 Å². The molecule has 0 aliphatic carbocycles. The molecule has 0 saturated carbocycles. The minimum absolute atomic E-state index is 0.0685. The van der Waals surface area contributed by atoms with E-state index < -0.39 is 20.9 Å². The number of nitrogens with zero attached hydrogens (tertiary/aromatic N) is 2. The number of nitro benzene ring substituents is 1. The molecule has 154 valence electrons. The zero-order valence-electron chi connectivity index (χ0n) is 16.1. The summed E-state index contributed by atoms with van der Waals surface area (Å²) in [6.07, 6.45) is 2.82. The molecule has 1 aliphatic heterocycles. The first-order chi connectivity index (χ1) is 13.8. The molecule has 0 aromatic heterocycles. The Morgan fingerprint density at radius 1 is 1.10 bits per heavy atom. The third-order valence-electron chi connectivity index (χ3n) is 5.02. The van der Waals surface area contributed by atoms with Crippen LogP contribution in [0.25, 0.3) is 0 Å². The zero-order chi connectivity index (χ0) is 21.0. The number of hydrogen-bond acceptors (Lipinski definition) is 5. The number of carbonyl (C=O) groups excluding carboxylic acids is 1. The Kier molecular flexibility index (Phi) is 6.29. The molecular formula is C20H23N3O5S. The summed E-state index contributed by atoms with van der Waals surface area (Å²) in [5.74, 6) is -0.516. The second-order valence-corrected chi connectivity index (χ2v) is 9.04. The SMILES string of the molecule is Cc1c(NC(=O)c2ccc(CS(=O)(=O)N3CCCCC3)cc2)cccc1[N+](=O)[O-]. The van der Waals surface area contributed by atoms with Gasteiger partial charge in [0.05, 0.1) is 21.9 Å². The van der Waals surface area contributed by atoms with E-state index in [4.69, 9.17) is 0 Å². The highest BCUT2D eigenvalue weighted by Gasteiger charge is 2.24. The molecule has 1 saturated heterocycles. The molecule has 0 spiro atoms. The van der Waals surface area contributed by atoms with E-state index in [2.05, 4.69) is 5.32 Å². The van der Waals surface area contributed by atoms with Crippen molar-refractivity contribution in [2.75, 3.05) is 18.4 Å². The van der Waals surface area contributed by atoms with E-state index in [1.165, 1.54) is 16.4 Å². The Morgan fingerprint density at radius 2 is 1.76 bits per heavy atom. The molecule has 0 atom stereocenters. The van der Waals surface area contributed by atoms with Crippen LogP contribution < -0.4 is 5.32 Å². The van der Waals surface area contributed by atoms with Gasteiger partial charge in [0.2, 0.25) is 10.0 Å². The van der Waals surface area contributed by atoms with Crippen LogP contribution in [0, 0.1) is 17.0 Å². The molecule has 2 aromatic rings. The highest BCUT2D eigenvalue weighted by atomic mass is 32.2. The molecule has 9 heteroatoms. The van der Waals surface area contributed by atoms with Crippen LogP contribution in [0.5, 0.6) is 0 Å². The largest absolute Gasteiger partial charge is 0.321 e. The minimum atomic E-state index is -3.37. The van der Waals surface area contributed by atoms with Crippen LogP contribution in [0.1, 0.15) is 40.7 Å². The maximum atomic E-state index is 12.5. The summed E-state index contributed by atoms with van der Waals surface area (Å²) in [5, 5.41) is 13.7. The fourth-order valence-corrected chi connectivity index (χ4v) is 4.96. The van der Waals surface area contributed by atoms with Gasteiger partial charge < -0.3 is 5.32 Å². The van der Waals surface area contributed by atoms with Crippen LogP contribution in [0.4, 0.5) is 11.4 Å². The molecule has 8 nitrogen and oxygen atoms in total. The number of nitrogens with one attached hydrogen (secondary N) is 1. The van der Waals surface area contributed by atoms with Crippen molar-refractivity contribution < 1.29 is 18.1 Å². The maximum absolute atomic E-state index is 12.5. The van der Waals surface area contributed by atoms with Gasteiger partial charge in [-0.15, -0.1) is 0 Å². The quantitative estimate of drug-likeness (QED) is 0.572. The van der Waals surface area contributed by atoms with Gasteiger partial charge in [-0.2, -0.15) is 0 Å². The summed E-state index contributed by atoms with van der Waals surface area (Å²) in [7, 11) is -3.37. The predicted molar refractivity (Wildman–Crippen MR) is 110 cm³/mol. The zero-order valence-corrected chi connectivity index (χ0v) is 16.9. The number of nitro groups is 1. The average Bonchev–Trinajstić information content (AvgIpc) is 2.70. The Labute approximate surface area is 169 Å². The van der Waals surface area contributed by atoms with Crippen LogP contribution in [0.2, 0.25) is 0 Å². The number of hydrogen-bond donors (Lipinski definition) is 1. The van der Waals surface area contributed by atoms with Crippen molar-refractivity contribution in [1.29, 1.82) is 0 Å². The van der Waals surface area contributed by atoms with Gasteiger partial charge in [-0.1, -0.05) is 24.6 Å². The number of rotatable bonds is 6. The lowest BCUT2D eigenvalue weighted by Crippen LogP contribution is -2.36. The van der Waals surface area contributed by atoms with E-state index in [-0.39, 0.29) is 11.4 Å². The first kappa shape index (κ1) is 20.9. The first-order valence-electron chi connectivity index (χ1n) is 9.40. The molecule has 1 aliphatic rings.